The Hall–Kier alpha value is -1.47. The molecule has 0 bridgehead atoms. The molecule has 0 saturated carbocycles. The van der Waals surface area contributed by atoms with Crippen LogP contribution in [0.3, 0.4) is 0 Å². The topological polar surface area (TPSA) is 65.0 Å². The molecule has 0 saturated heterocycles. The smallest absolute Gasteiger partial charge is 0.242 e. The van der Waals surface area contributed by atoms with E-state index in [2.05, 4.69) is 21.9 Å². The molecule has 2 rings (SSSR count). The van der Waals surface area contributed by atoms with Crippen LogP contribution in [0, 0.1) is 4.77 Å². The van der Waals surface area contributed by atoms with Crippen molar-refractivity contribution in [3.63, 3.8) is 0 Å². The maximum absolute atomic E-state index is 5.39. The Morgan fingerprint density at radius 3 is 2.84 bits per heavy atom. The summed E-state index contributed by atoms with van der Waals surface area (Å²) in [7, 11) is 3.27. The standard InChI is InChI=1S/C12H18N4O2S/c1-4-5-8(6-17-2)16-10-9(15-12(16)19)11(18-3)14-7-13-10/h7-8H,4-6H2,1-3H3,(H,15,19). The highest BCUT2D eigenvalue weighted by atomic mass is 32.1. The van der Waals surface area contributed by atoms with Crippen molar-refractivity contribution in [3.8, 4) is 5.88 Å². The molecular weight excluding hydrogens is 264 g/mol. The van der Waals surface area contributed by atoms with E-state index >= 15 is 0 Å². The highest BCUT2D eigenvalue weighted by Gasteiger charge is 2.18. The quantitative estimate of drug-likeness (QED) is 0.825. The highest BCUT2D eigenvalue weighted by molar-refractivity contribution is 7.71. The predicted octanol–water partition coefficient (Wildman–Crippen LogP) is 2.49. The second-order valence-electron chi connectivity index (χ2n) is 4.28. The highest BCUT2D eigenvalue weighted by Crippen LogP contribution is 2.25. The minimum Gasteiger partial charge on any atom is -0.479 e. The van der Waals surface area contributed by atoms with Crippen LogP contribution in [-0.4, -0.2) is 40.3 Å². The predicted molar refractivity (Wildman–Crippen MR) is 75.1 cm³/mol. The Morgan fingerprint density at radius 2 is 2.21 bits per heavy atom. The van der Waals surface area contributed by atoms with Crippen molar-refractivity contribution >= 4 is 23.4 Å². The molecular formula is C12H18N4O2S. The number of ether oxygens (including phenoxy) is 2. The first-order chi connectivity index (χ1) is 9.22. The molecule has 1 unspecified atom stereocenters. The molecule has 0 amide bonds. The fourth-order valence-electron chi connectivity index (χ4n) is 2.22. The van der Waals surface area contributed by atoms with E-state index in [0.29, 0.717) is 17.3 Å². The average molecular weight is 282 g/mol. The lowest BCUT2D eigenvalue weighted by molar-refractivity contribution is 0.151. The van der Waals surface area contributed by atoms with Crippen LogP contribution in [0.25, 0.3) is 11.2 Å². The van der Waals surface area contributed by atoms with Crippen LogP contribution >= 0.6 is 12.2 Å². The molecule has 0 fully saturated rings. The van der Waals surface area contributed by atoms with Crippen LogP contribution < -0.4 is 4.74 Å². The SMILES string of the molecule is CCCC(COC)n1c(=S)[nH]c2c(OC)ncnc21. The molecule has 0 aromatic carbocycles. The van der Waals surface area contributed by atoms with Crippen LogP contribution in [0.1, 0.15) is 25.8 Å². The van der Waals surface area contributed by atoms with Gasteiger partial charge in [0.2, 0.25) is 5.88 Å². The van der Waals surface area contributed by atoms with Crippen LogP contribution in [-0.2, 0) is 4.74 Å². The van der Waals surface area contributed by atoms with E-state index in [-0.39, 0.29) is 6.04 Å². The fraction of sp³-hybridized carbons (Fsp3) is 0.583. The lowest BCUT2D eigenvalue weighted by Crippen LogP contribution is -2.15. The lowest BCUT2D eigenvalue weighted by atomic mass is 10.2. The van der Waals surface area contributed by atoms with Gasteiger partial charge in [-0.15, -0.1) is 0 Å². The van der Waals surface area contributed by atoms with Gasteiger partial charge >= 0.3 is 0 Å². The number of aromatic amines is 1. The van der Waals surface area contributed by atoms with Crippen molar-refractivity contribution in [2.24, 2.45) is 0 Å². The summed E-state index contributed by atoms with van der Waals surface area (Å²) in [5.74, 6) is 0.502. The molecule has 0 aliphatic heterocycles. The van der Waals surface area contributed by atoms with Crippen LogP contribution in [0.4, 0.5) is 0 Å². The first-order valence-corrected chi connectivity index (χ1v) is 6.61. The molecule has 0 radical (unpaired) electrons. The van der Waals surface area contributed by atoms with Gasteiger partial charge in [0, 0.05) is 7.11 Å². The molecule has 0 aliphatic rings. The van der Waals surface area contributed by atoms with E-state index in [1.807, 2.05) is 4.57 Å². The Morgan fingerprint density at radius 1 is 1.42 bits per heavy atom. The molecule has 2 heterocycles. The minimum absolute atomic E-state index is 0.163. The molecule has 1 N–H and O–H groups in total. The molecule has 19 heavy (non-hydrogen) atoms. The number of nitrogens with one attached hydrogen (secondary N) is 1. The van der Waals surface area contributed by atoms with Crippen molar-refractivity contribution in [1.29, 1.82) is 0 Å². The number of aromatic nitrogens is 4. The number of H-pyrrole nitrogens is 1. The largest absolute Gasteiger partial charge is 0.479 e. The summed E-state index contributed by atoms with van der Waals surface area (Å²) in [6.07, 6.45) is 3.50. The van der Waals surface area contributed by atoms with E-state index < -0.39 is 0 Å². The Balaban J connectivity index is 2.58. The summed E-state index contributed by atoms with van der Waals surface area (Å²) in [6, 6.07) is 0.163. The maximum atomic E-state index is 5.39. The second kappa shape index (κ2) is 6.12. The summed E-state index contributed by atoms with van der Waals surface area (Å²) in [5.41, 5.74) is 1.49. The van der Waals surface area contributed by atoms with Crippen LogP contribution in [0.2, 0.25) is 0 Å². The minimum atomic E-state index is 0.163. The monoisotopic (exact) mass is 282 g/mol. The zero-order chi connectivity index (χ0) is 13.8. The number of hydrogen-bond donors (Lipinski definition) is 1. The van der Waals surface area contributed by atoms with Gasteiger partial charge in [-0.1, -0.05) is 13.3 Å². The summed E-state index contributed by atoms with van der Waals surface area (Å²) >= 11 is 5.39. The van der Waals surface area contributed by atoms with Crippen molar-refractivity contribution in [2.75, 3.05) is 20.8 Å². The van der Waals surface area contributed by atoms with Crippen molar-refractivity contribution in [3.05, 3.63) is 11.1 Å². The summed E-state index contributed by atoms with van der Waals surface area (Å²) in [6.45, 7) is 2.73. The van der Waals surface area contributed by atoms with Gasteiger partial charge in [0.15, 0.2) is 10.4 Å². The number of hydrogen-bond acceptors (Lipinski definition) is 5. The van der Waals surface area contributed by atoms with Crippen molar-refractivity contribution in [1.82, 2.24) is 19.5 Å². The van der Waals surface area contributed by atoms with Gasteiger partial charge in [0.25, 0.3) is 0 Å². The number of methoxy groups -OCH3 is 2. The van der Waals surface area contributed by atoms with E-state index in [1.54, 1.807) is 14.2 Å². The van der Waals surface area contributed by atoms with Crippen molar-refractivity contribution < 1.29 is 9.47 Å². The van der Waals surface area contributed by atoms with Crippen molar-refractivity contribution in [2.45, 2.75) is 25.8 Å². The molecule has 2 aromatic rings. The average Bonchev–Trinajstić information content (AvgIpc) is 2.74. The molecule has 7 heteroatoms. The van der Waals surface area contributed by atoms with Gasteiger partial charge in [-0.05, 0) is 18.6 Å². The van der Waals surface area contributed by atoms with Gasteiger partial charge < -0.3 is 14.5 Å². The van der Waals surface area contributed by atoms with Crippen LogP contribution in [0.5, 0.6) is 5.88 Å². The molecule has 0 aliphatic carbocycles. The lowest BCUT2D eigenvalue weighted by Gasteiger charge is -2.17. The number of nitrogens with zero attached hydrogens (tertiary/aromatic N) is 3. The number of rotatable bonds is 6. The molecule has 0 spiro atoms. The third kappa shape index (κ3) is 2.62. The Labute approximate surface area is 116 Å². The molecule has 104 valence electrons. The van der Waals surface area contributed by atoms with Gasteiger partial charge in [0.1, 0.15) is 11.8 Å². The van der Waals surface area contributed by atoms with Crippen LogP contribution in [0.15, 0.2) is 6.33 Å². The van der Waals surface area contributed by atoms with E-state index in [9.17, 15) is 0 Å². The zero-order valence-corrected chi connectivity index (χ0v) is 12.2. The molecule has 2 aromatic heterocycles. The van der Waals surface area contributed by atoms with E-state index in [4.69, 9.17) is 21.7 Å². The van der Waals surface area contributed by atoms with Gasteiger partial charge in [0.05, 0.1) is 19.8 Å². The zero-order valence-electron chi connectivity index (χ0n) is 11.3. The van der Waals surface area contributed by atoms with Gasteiger partial charge in [-0.3, -0.25) is 4.57 Å². The fourth-order valence-corrected chi connectivity index (χ4v) is 2.56. The van der Waals surface area contributed by atoms with E-state index in [1.165, 1.54) is 6.33 Å². The Kier molecular flexibility index (Phi) is 4.49. The normalized spacial score (nSPS) is 12.8. The second-order valence-corrected chi connectivity index (χ2v) is 4.67. The Bertz CT molecular complexity index is 601. The summed E-state index contributed by atoms with van der Waals surface area (Å²) < 4.78 is 13.1. The first-order valence-electron chi connectivity index (χ1n) is 6.21. The number of imidazole rings is 1. The summed E-state index contributed by atoms with van der Waals surface area (Å²) in [5, 5.41) is 0. The number of fused-ring (bicyclic) bond motifs is 1. The van der Waals surface area contributed by atoms with E-state index in [0.717, 1.165) is 24.0 Å². The third-order valence-corrected chi connectivity index (χ3v) is 3.31. The third-order valence-electron chi connectivity index (χ3n) is 3.01. The summed E-state index contributed by atoms with van der Waals surface area (Å²) in [4.78, 5) is 11.5. The maximum Gasteiger partial charge on any atom is 0.242 e. The van der Waals surface area contributed by atoms with Gasteiger partial charge in [-0.25, -0.2) is 4.98 Å². The first kappa shape index (κ1) is 14.0. The van der Waals surface area contributed by atoms with Gasteiger partial charge in [-0.2, -0.15) is 4.98 Å². The molecule has 1 atom stereocenters. The molecule has 6 nitrogen and oxygen atoms in total.